The van der Waals surface area contributed by atoms with Crippen molar-refractivity contribution in [2.24, 2.45) is 11.7 Å². The number of ketones is 1. The van der Waals surface area contributed by atoms with E-state index in [1.54, 1.807) is 0 Å². The molecule has 1 aliphatic rings. The third-order valence-electron chi connectivity index (χ3n) is 1.84. The van der Waals surface area contributed by atoms with Crippen LogP contribution in [0.2, 0.25) is 0 Å². The van der Waals surface area contributed by atoms with E-state index < -0.39 is 11.9 Å². The molecule has 5 heteroatoms. The molecule has 0 aromatic heterocycles. The Balaban J connectivity index is 2.20. The Morgan fingerprint density at radius 3 is 2.77 bits per heavy atom. The van der Waals surface area contributed by atoms with Crippen molar-refractivity contribution < 1.29 is 19.1 Å². The summed E-state index contributed by atoms with van der Waals surface area (Å²) in [6.45, 7) is 1.20. The van der Waals surface area contributed by atoms with E-state index in [1.165, 1.54) is 0 Å². The Morgan fingerprint density at radius 2 is 2.23 bits per heavy atom. The molecule has 0 aromatic rings. The third kappa shape index (κ3) is 2.78. The summed E-state index contributed by atoms with van der Waals surface area (Å²) in [5.74, 6) is -1.19. The quantitative estimate of drug-likeness (QED) is 0.342. The molecule has 0 bridgehead atoms. The average Bonchev–Trinajstić information content (AvgIpc) is 2.42. The Bertz CT molecular complexity index is 188. The molecular weight excluding hydrogens is 174 g/mol. The lowest BCUT2D eigenvalue weighted by atomic mass is 10.0. The molecule has 1 aliphatic heterocycles. The highest BCUT2D eigenvalue weighted by Crippen LogP contribution is 2.14. The zero-order valence-corrected chi connectivity index (χ0v) is 7.32. The minimum absolute atomic E-state index is 0.0829. The lowest BCUT2D eigenvalue weighted by molar-refractivity contribution is -0.141. The topological polar surface area (TPSA) is 78.6 Å². The van der Waals surface area contributed by atoms with E-state index in [0.29, 0.717) is 26.2 Å². The number of esters is 1. The Kier molecular flexibility index (Phi) is 3.85. The van der Waals surface area contributed by atoms with Gasteiger partial charge in [-0.25, -0.2) is 0 Å². The van der Waals surface area contributed by atoms with Crippen molar-refractivity contribution in [1.82, 2.24) is 0 Å². The monoisotopic (exact) mass is 187 g/mol. The molecule has 0 radical (unpaired) electrons. The van der Waals surface area contributed by atoms with E-state index in [2.05, 4.69) is 4.74 Å². The molecule has 0 spiro atoms. The van der Waals surface area contributed by atoms with Gasteiger partial charge in [-0.05, 0) is 6.42 Å². The van der Waals surface area contributed by atoms with E-state index >= 15 is 0 Å². The molecule has 1 atom stereocenters. The van der Waals surface area contributed by atoms with Gasteiger partial charge in [-0.15, -0.1) is 0 Å². The molecule has 74 valence electrons. The lowest BCUT2D eigenvalue weighted by Crippen LogP contribution is -2.18. The second-order valence-corrected chi connectivity index (χ2v) is 2.82. The first-order chi connectivity index (χ1) is 6.25. The second-order valence-electron chi connectivity index (χ2n) is 2.82. The summed E-state index contributed by atoms with van der Waals surface area (Å²) < 4.78 is 9.62. The van der Waals surface area contributed by atoms with Gasteiger partial charge in [0.25, 0.3) is 0 Å². The van der Waals surface area contributed by atoms with Crippen molar-refractivity contribution in [2.75, 3.05) is 26.4 Å². The number of nitrogens with two attached hydrogens (primary N) is 1. The van der Waals surface area contributed by atoms with Crippen LogP contribution in [0.5, 0.6) is 0 Å². The predicted octanol–water partition coefficient (Wildman–Crippen LogP) is -0.906. The van der Waals surface area contributed by atoms with Gasteiger partial charge in [0.05, 0.1) is 6.61 Å². The molecule has 13 heavy (non-hydrogen) atoms. The number of rotatable bonds is 5. The van der Waals surface area contributed by atoms with Crippen LogP contribution in [-0.4, -0.2) is 38.1 Å². The van der Waals surface area contributed by atoms with Crippen LogP contribution in [0.1, 0.15) is 6.42 Å². The van der Waals surface area contributed by atoms with Crippen molar-refractivity contribution >= 4 is 11.8 Å². The summed E-state index contributed by atoms with van der Waals surface area (Å²) in [6, 6.07) is 0. The summed E-state index contributed by atoms with van der Waals surface area (Å²) in [5.41, 5.74) is 5.19. The van der Waals surface area contributed by atoms with Gasteiger partial charge >= 0.3 is 5.97 Å². The molecule has 0 saturated carbocycles. The first-order valence-corrected chi connectivity index (χ1v) is 4.23. The SMILES string of the molecule is NCCOCCC1C(=O)COC1=O. The molecule has 1 unspecified atom stereocenters. The predicted molar refractivity (Wildman–Crippen MR) is 43.9 cm³/mol. The lowest BCUT2D eigenvalue weighted by Gasteiger charge is -2.04. The van der Waals surface area contributed by atoms with Crippen LogP contribution in [0.3, 0.4) is 0 Å². The van der Waals surface area contributed by atoms with Crippen molar-refractivity contribution in [1.29, 1.82) is 0 Å². The number of cyclic esters (lactones) is 1. The molecule has 5 nitrogen and oxygen atoms in total. The van der Waals surface area contributed by atoms with Crippen molar-refractivity contribution in [2.45, 2.75) is 6.42 Å². The zero-order chi connectivity index (χ0) is 9.68. The van der Waals surface area contributed by atoms with E-state index in [9.17, 15) is 9.59 Å². The van der Waals surface area contributed by atoms with Crippen LogP contribution in [-0.2, 0) is 19.1 Å². The molecular formula is C8H13NO4. The van der Waals surface area contributed by atoms with Crippen LogP contribution in [0.15, 0.2) is 0 Å². The van der Waals surface area contributed by atoms with Gasteiger partial charge in [-0.3, -0.25) is 9.59 Å². The first kappa shape index (κ1) is 10.1. The third-order valence-corrected chi connectivity index (χ3v) is 1.84. The van der Waals surface area contributed by atoms with E-state index in [0.717, 1.165) is 0 Å². The van der Waals surface area contributed by atoms with Gasteiger partial charge in [-0.1, -0.05) is 0 Å². The highest BCUT2D eigenvalue weighted by molar-refractivity contribution is 6.04. The molecule has 1 rings (SSSR count). The van der Waals surface area contributed by atoms with Gasteiger partial charge in [0.2, 0.25) is 0 Å². The van der Waals surface area contributed by atoms with E-state index in [1.807, 2.05) is 0 Å². The van der Waals surface area contributed by atoms with Gasteiger partial charge in [0.1, 0.15) is 5.92 Å². The second kappa shape index (κ2) is 4.94. The highest BCUT2D eigenvalue weighted by atomic mass is 16.5. The van der Waals surface area contributed by atoms with Crippen LogP contribution in [0.4, 0.5) is 0 Å². The van der Waals surface area contributed by atoms with Gasteiger partial charge < -0.3 is 15.2 Å². The fraction of sp³-hybridized carbons (Fsp3) is 0.750. The van der Waals surface area contributed by atoms with Crippen LogP contribution >= 0.6 is 0 Å². The summed E-state index contributed by atoms with van der Waals surface area (Å²) in [7, 11) is 0. The molecule has 0 aromatic carbocycles. The zero-order valence-electron chi connectivity index (χ0n) is 7.32. The van der Waals surface area contributed by atoms with E-state index in [4.69, 9.17) is 10.5 Å². The van der Waals surface area contributed by atoms with Gasteiger partial charge in [0.15, 0.2) is 12.4 Å². The standard InChI is InChI=1S/C8H13NO4/c9-2-4-12-3-1-6-7(10)5-13-8(6)11/h6H,1-5,9H2. The van der Waals surface area contributed by atoms with Gasteiger partial charge in [0, 0.05) is 13.2 Å². The number of Topliss-reactive ketones (excluding diaryl/α,β-unsaturated/α-hetero) is 1. The van der Waals surface area contributed by atoms with E-state index in [-0.39, 0.29) is 12.4 Å². The molecule has 2 N–H and O–H groups in total. The van der Waals surface area contributed by atoms with Crippen LogP contribution < -0.4 is 5.73 Å². The number of carbonyl (C=O) groups excluding carboxylic acids is 2. The Hall–Kier alpha value is -0.940. The summed E-state index contributed by atoms with van der Waals surface area (Å²) in [6.07, 6.45) is 0.400. The highest BCUT2D eigenvalue weighted by Gasteiger charge is 2.34. The largest absolute Gasteiger partial charge is 0.457 e. The maximum atomic E-state index is 11.0. The minimum atomic E-state index is -0.613. The van der Waals surface area contributed by atoms with Crippen LogP contribution in [0, 0.1) is 5.92 Å². The molecule has 1 saturated heterocycles. The first-order valence-electron chi connectivity index (χ1n) is 4.23. The number of ether oxygens (including phenoxy) is 2. The molecule has 0 amide bonds. The number of hydrogen-bond acceptors (Lipinski definition) is 5. The van der Waals surface area contributed by atoms with Crippen molar-refractivity contribution in [3.05, 3.63) is 0 Å². The minimum Gasteiger partial charge on any atom is -0.457 e. The fourth-order valence-corrected chi connectivity index (χ4v) is 1.14. The number of carbonyl (C=O) groups is 2. The molecule has 1 heterocycles. The summed E-state index contributed by atoms with van der Waals surface area (Å²) in [5, 5.41) is 0. The maximum Gasteiger partial charge on any atom is 0.317 e. The van der Waals surface area contributed by atoms with Gasteiger partial charge in [-0.2, -0.15) is 0 Å². The number of hydrogen-bond donors (Lipinski definition) is 1. The van der Waals surface area contributed by atoms with Crippen LogP contribution in [0.25, 0.3) is 0 Å². The summed E-state index contributed by atoms with van der Waals surface area (Å²) >= 11 is 0. The van der Waals surface area contributed by atoms with Crippen molar-refractivity contribution in [3.63, 3.8) is 0 Å². The maximum absolute atomic E-state index is 11.0. The molecule has 0 aliphatic carbocycles. The molecule has 1 fully saturated rings. The Morgan fingerprint density at radius 1 is 1.46 bits per heavy atom. The Labute approximate surface area is 76.2 Å². The smallest absolute Gasteiger partial charge is 0.317 e. The average molecular weight is 187 g/mol. The fourth-order valence-electron chi connectivity index (χ4n) is 1.14. The van der Waals surface area contributed by atoms with Crippen molar-refractivity contribution in [3.8, 4) is 0 Å². The summed E-state index contributed by atoms with van der Waals surface area (Å²) in [4.78, 5) is 21.9. The normalized spacial score (nSPS) is 22.1.